The van der Waals surface area contributed by atoms with Crippen molar-refractivity contribution in [1.29, 1.82) is 0 Å². The molecular formula is C32H31Cl3N3O7S4+. The van der Waals surface area contributed by atoms with Gasteiger partial charge in [-0.2, -0.15) is 4.57 Å². The average molecular weight is 804 g/mol. The molecule has 260 valence electrons. The molecule has 49 heavy (non-hydrogen) atoms. The molecule has 0 spiro atoms. The van der Waals surface area contributed by atoms with E-state index in [1.54, 1.807) is 18.2 Å². The van der Waals surface area contributed by atoms with E-state index in [4.69, 9.17) is 39.9 Å². The molecule has 4 N–H and O–H groups in total. The van der Waals surface area contributed by atoms with Crippen molar-refractivity contribution in [3.8, 4) is 0 Å². The van der Waals surface area contributed by atoms with Crippen molar-refractivity contribution in [2.45, 2.75) is 60.0 Å². The molecule has 2 aromatic heterocycles. The maximum Gasteiger partial charge on any atom is 0.352 e. The molecule has 2 aliphatic heterocycles. The molecule has 10 nitrogen and oxygen atoms in total. The lowest BCUT2D eigenvalue weighted by Gasteiger charge is -2.49. The van der Waals surface area contributed by atoms with Gasteiger partial charge in [-0.15, -0.1) is 46.6 Å². The summed E-state index contributed by atoms with van der Waals surface area (Å²) in [6.07, 6.45) is -0.0992. The summed E-state index contributed by atoms with van der Waals surface area (Å²) in [7, 11) is 0. The molecule has 0 aliphatic carbocycles. The highest BCUT2D eigenvalue weighted by Gasteiger charge is 2.54. The van der Waals surface area contributed by atoms with E-state index in [-0.39, 0.29) is 23.8 Å². The highest BCUT2D eigenvalue weighted by atomic mass is 35.5. The van der Waals surface area contributed by atoms with Crippen LogP contribution in [0.2, 0.25) is 14.4 Å². The van der Waals surface area contributed by atoms with Crippen LogP contribution in [0, 0.1) is 6.92 Å². The van der Waals surface area contributed by atoms with Crippen molar-refractivity contribution in [3.05, 3.63) is 84.4 Å². The van der Waals surface area contributed by atoms with E-state index in [0.29, 0.717) is 55.7 Å². The highest BCUT2D eigenvalue weighted by Crippen LogP contribution is 2.42. The highest BCUT2D eigenvalue weighted by molar-refractivity contribution is 8.01. The van der Waals surface area contributed by atoms with Crippen LogP contribution >= 0.6 is 81.4 Å². The first-order valence-electron chi connectivity index (χ1n) is 14.9. The Morgan fingerprint density at radius 2 is 1.86 bits per heavy atom. The molecule has 1 fully saturated rings. The molecule has 3 aromatic rings. The minimum absolute atomic E-state index is 0.00440. The maximum absolute atomic E-state index is 13.2. The zero-order valence-corrected chi connectivity index (χ0v) is 31.4. The van der Waals surface area contributed by atoms with Gasteiger partial charge in [0.05, 0.1) is 15.1 Å². The van der Waals surface area contributed by atoms with Gasteiger partial charge in [0.2, 0.25) is 5.91 Å². The van der Waals surface area contributed by atoms with Crippen molar-refractivity contribution < 1.29 is 39.1 Å². The van der Waals surface area contributed by atoms with Crippen LogP contribution in [0.25, 0.3) is 0 Å². The number of hydrogen-bond donors (Lipinski definition) is 4. The number of aryl methyl sites for hydroxylation is 3. The predicted molar refractivity (Wildman–Crippen MR) is 194 cm³/mol. The molecule has 17 heteroatoms. The molecule has 2 aliphatic rings. The Kier molecular flexibility index (Phi) is 12.9. The Bertz CT molecular complexity index is 1820. The zero-order chi connectivity index (χ0) is 35.4. The maximum atomic E-state index is 13.2. The normalized spacial score (nSPS) is 17.8. The SMILES string of the molecule is Cc1cc(SCC2=C(C(=O)O)N3C(=O)[C@@H](NC(=O)CSc4cc(Cl)ccc4Cl)[C@H]3SC2)cc(CCc2ccc(Cl)s2)[n+]1CC[C@H](O)C(=O)O. The third-order valence-electron chi connectivity index (χ3n) is 7.83. The van der Waals surface area contributed by atoms with E-state index in [1.807, 2.05) is 35.8 Å². The van der Waals surface area contributed by atoms with E-state index in [2.05, 4.69) is 5.32 Å². The first-order chi connectivity index (χ1) is 23.3. The number of carboxylic acid groups (broad SMARTS) is 2. The molecular weight excluding hydrogens is 773 g/mol. The van der Waals surface area contributed by atoms with E-state index in [0.717, 1.165) is 21.2 Å². The van der Waals surface area contributed by atoms with Crippen molar-refractivity contribution in [2.24, 2.45) is 0 Å². The monoisotopic (exact) mass is 802 g/mol. The standard InChI is InChI=1S/C32H30Cl3N3O7S4/c1-16-10-21(12-19(3-4-20-5-7-25(35)49-20)37(16)9-8-23(39)31(42)43)46-13-17-14-48-30-27(29(41)38(30)28(17)32(44)45)36-26(40)15-47-24-11-18(33)2-6-22(24)34/h2,5-7,10-12,23,27,30,39H,3-4,8-9,13-15H2,1H3,(H2-,36,40,42,43,44,45)/p+1/t23-,27+,30+/m0/s1. The third-order valence-corrected chi connectivity index (χ3v) is 13.3. The van der Waals surface area contributed by atoms with Crippen molar-refractivity contribution in [1.82, 2.24) is 10.2 Å². The molecule has 2 amide bonds. The Morgan fingerprint density at radius 1 is 1.08 bits per heavy atom. The number of thioether (sulfide) groups is 3. The zero-order valence-electron chi connectivity index (χ0n) is 25.9. The van der Waals surface area contributed by atoms with Crippen LogP contribution in [-0.2, 0) is 38.6 Å². The van der Waals surface area contributed by atoms with Gasteiger partial charge in [-0.05, 0) is 42.3 Å². The average Bonchev–Trinajstić information content (AvgIpc) is 3.48. The largest absolute Gasteiger partial charge is 0.479 e. The number of β-lactam (4-membered cyclic amide) rings is 1. The van der Waals surface area contributed by atoms with Gasteiger partial charge in [0.15, 0.2) is 24.0 Å². The number of benzene rings is 1. The van der Waals surface area contributed by atoms with Crippen molar-refractivity contribution >= 4 is 105 Å². The number of carboxylic acids is 2. The van der Waals surface area contributed by atoms with Gasteiger partial charge in [-0.25, -0.2) is 9.59 Å². The second-order valence-corrected chi connectivity index (χ2v) is 17.0. The molecule has 0 unspecified atom stereocenters. The number of aliphatic hydroxyl groups is 1. The van der Waals surface area contributed by atoms with Crippen LogP contribution in [0.4, 0.5) is 0 Å². The van der Waals surface area contributed by atoms with Crippen LogP contribution in [0.3, 0.4) is 0 Å². The van der Waals surface area contributed by atoms with Gasteiger partial charge >= 0.3 is 11.9 Å². The number of carbonyl (C=O) groups excluding carboxylic acids is 2. The number of rotatable bonds is 15. The molecule has 4 heterocycles. The second-order valence-electron chi connectivity index (χ2n) is 11.2. The summed E-state index contributed by atoms with van der Waals surface area (Å²) in [5, 5.41) is 32.4. The molecule has 1 aromatic carbocycles. The number of pyridine rings is 1. The molecule has 1 saturated heterocycles. The Hall–Kier alpha value is -2.43. The van der Waals surface area contributed by atoms with Crippen LogP contribution in [-0.4, -0.2) is 78.8 Å². The first-order valence-corrected chi connectivity index (χ1v) is 19.9. The topological polar surface area (TPSA) is 148 Å². The van der Waals surface area contributed by atoms with Crippen LogP contribution in [0.5, 0.6) is 0 Å². The third kappa shape index (κ3) is 9.28. The quantitative estimate of drug-likeness (QED) is 0.0877. The Balaban J connectivity index is 1.27. The molecule has 3 atom stereocenters. The van der Waals surface area contributed by atoms with E-state index < -0.39 is 35.4 Å². The number of aliphatic carboxylic acids is 2. The molecule has 0 saturated carbocycles. The molecule has 0 bridgehead atoms. The van der Waals surface area contributed by atoms with Crippen molar-refractivity contribution in [2.75, 3.05) is 17.3 Å². The fourth-order valence-corrected chi connectivity index (χ4v) is 10.3. The van der Waals surface area contributed by atoms with Gasteiger partial charge < -0.3 is 20.6 Å². The number of fused-ring (bicyclic) bond motifs is 1. The molecule has 0 radical (unpaired) electrons. The minimum Gasteiger partial charge on any atom is -0.479 e. The summed E-state index contributed by atoms with van der Waals surface area (Å²) < 4.78 is 2.68. The van der Waals surface area contributed by atoms with Crippen LogP contribution < -0.4 is 9.88 Å². The van der Waals surface area contributed by atoms with E-state index in [9.17, 15) is 29.4 Å². The van der Waals surface area contributed by atoms with Gasteiger partial charge in [0.25, 0.3) is 5.91 Å². The van der Waals surface area contributed by atoms with Gasteiger partial charge in [-0.1, -0.05) is 34.8 Å². The number of aliphatic hydroxyl groups excluding tert-OH is 1. The predicted octanol–water partition coefficient (Wildman–Crippen LogP) is 5.55. The smallest absolute Gasteiger partial charge is 0.352 e. The number of halogens is 3. The summed E-state index contributed by atoms with van der Waals surface area (Å²) in [6, 6.07) is 11.8. The summed E-state index contributed by atoms with van der Waals surface area (Å²) in [6.45, 7) is 2.21. The summed E-state index contributed by atoms with van der Waals surface area (Å²) >= 11 is 23.9. The van der Waals surface area contributed by atoms with Gasteiger partial charge in [-0.3, -0.25) is 14.5 Å². The second kappa shape index (κ2) is 16.7. The Labute approximate surface area is 314 Å². The number of thiophene rings is 1. The van der Waals surface area contributed by atoms with E-state index >= 15 is 0 Å². The van der Waals surface area contributed by atoms with Crippen molar-refractivity contribution in [3.63, 3.8) is 0 Å². The number of aromatic nitrogens is 1. The first kappa shape index (κ1) is 37.8. The van der Waals surface area contributed by atoms with Crippen LogP contribution in [0.1, 0.15) is 22.7 Å². The number of hydrogen-bond acceptors (Lipinski definition) is 9. The number of nitrogens with one attached hydrogen (secondary N) is 1. The lowest BCUT2D eigenvalue weighted by Crippen LogP contribution is -2.70. The molecule has 5 rings (SSSR count). The summed E-state index contributed by atoms with van der Waals surface area (Å²) in [5.74, 6) is -2.65. The van der Waals surface area contributed by atoms with Gasteiger partial charge in [0, 0.05) is 63.1 Å². The van der Waals surface area contributed by atoms with Gasteiger partial charge in [0.1, 0.15) is 17.1 Å². The lowest BCUT2D eigenvalue weighted by molar-refractivity contribution is -0.711. The summed E-state index contributed by atoms with van der Waals surface area (Å²) in [5.41, 5.74) is 2.32. The number of amides is 2. The van der Waals surface area contributed by atoms with E-state index in [1.165, 1.54) is 51.5 Å². The number of nitrogens with zero attached hydrogens (tertiary/aromatic N) is 2. The fraction of sp³-hybridized carbons (Fsp3) is 0.344. The minimum atomic E-state index is -1.48. The van der Waals surface area contributed by atoms with Crippen LogP contribution in [0.15, 0.2) is 63.5 Å². The Morgan fingerprint density at radius 3 is 2.55 bits per heavy atom. The fourth-order valence-electron chi connectivity index (χ4n) is 5.43. The summed E-state index contributed by atoms with van der Waals surface area (Å²) in [4.78, 5) is 53.5. The lowest BCUT2D eigenvalue weighted by atomic mass is 10.0. The number of carbonyl (C=O) groups is 4.